The summed E-state index contributed by atoms with van der Waals surface area (Å²) in [5.41, 5.74) is 0. The number of piperidine rings is 1. The van der Waals surface area contributed by atoms with Crippen LogP contribution < -0.4 is 5.32 Å². The molecule has 1 fully saturated rings. The molecule has 0 saturated carbocycles. The minimum absolute atomic E-state index is 0.0472. The fourth-order valence-corrected chi connectivity index (χ4v) is 2.49. The van der Waals surface area contributed by atoms with Crippen molar-refractivity contribution >= 4 is 12.0 Å². The number of carbonyl (C=O) groups excluding carboxylic acids is 1. The normalized spacial score (nSPS) is 20.7. The van der Waals surface area contributed by atoms with Crippen molar-refractivity contribution in [1.29, 1.82) is 0 Å². The lowest BCUT2D eigenvalue weighted by molar-refractivity contribution is -0.138. The Hall–Kier alpha value is -1.52. The van der Waals surface area contributed by atoms with E-state index in [0.717, 1.165) is 25.8 Å². The first-order valence-electron chi connectivity index (χ1n) is 6.90. The molecule has 0 aliphatic carbocycles. The Labute approximate surface area is 114 Å². The second-order valence-electron chi connectivity index (χ2n) is 5.23. The van der Waals surface area contributed by atoms with Crippen LogP contribution in [-0.4, -0.2) is 41.6 Å². The Morgan fingerprint density at radius 3 is 2.95 bits per heavy atom. The van der Waals surface area contributed by atoms with Crippen molar-refractivity contribution < 1.29 is 14.7 Å². The molecule has 1 rings (SSSR count). The third-order valence-electron chi connectivity index (χ3n) is 3.67. The minimum Gasteiger partial charge on any atom is -0.481 e. The number of carboxylic acids is 1. The highest BCUT2D eigenvalue weighted by Gasteiger charge is 2.28. The van der Waals surface area contributed by atoms with Crippen LogP contribution >= 0.6 is 0 Å². The molecule has 0 aromatic heterocycles. The quantitative estimate of drug-likeness (QED) is 0.572. The van der Waals surface area contributed by atoms with Gasteiger partial charge >= 0.3 is 12.0 Å². The number of likely N-dealkylation sites (tertiary alicyclic amines) is 1. The van der Waals surface area contributed by atoms with Gasteiger partial charge < -0.3 is 15.3 Å². The van der Waals surface area contributed by atoms with Crippen LogP contribution in [0.25, 0.3) is 0 Å². The molecule has 2 N–H and O–H groups in total. The van der Waals surface area contributed by atoms with Crippen LogP contribution in [0.1, 0.15) is 32.6 Å². The van der Waals surface area contributed by atoms with Gasteiger partial charge in [-0.3, -0.25) is 4.79 Å². The lowest BCUT2D eigenvalue weighted by atomic mass is 9.85. The van der Waals surface area contributed by atoms with Gasteiger partial charge in [0, 0.05) is 26.1 Å². The van der Waals surface area contributed by atoms with Gasteiger partial charge in [-0.05, 0) is 31.1 Å². The van der Waals surface area contributed by atoms with Crippen molar-refractivity contribution in [3.05, 3.63) is 12.7 Å². The number of hydrogen-bond acceptors (Lipinski definition) is 2. The number of aliphatic carboxylic acids is 1. The lowest BCUT2D eigenvalue weighted by Gasteiger charge is -2.35. The van der Waals surface area contributed by atoms with Crippen molar-refractivity contribution in [2.75, 3.05) is 19.6 Å². The molecule has 0 aromatic carbocycles. The van der Waals surface area contributed by atoms with Gasteiger partial charge in [0.25, 0.3) is 0 Å². The van der Waals surface area contributed by atoms with E-state index in [1.54, 1.807) is 11.0 Å². The van der Waals surface area contributed by atoms with Gasteiger partial charge in [-0.1, -0.05) is 13.0 Å². The van der Waals surface area contributed by atoms with E-state index in [-0.39, 0.29) is 24.3 Å². The molecule has 2 atom stereocenters. The van der Waals surface area contributed by atoms with Gasteiger partial charge in [0.1, 0.15) is 0 Å². The van der Waals surface area contributed by atoms with E-state index in [1.165, 1.54) is 0 Å². The van der Waals surface area contributed by atoms with Crippen molar-refractivity contribution in [2.45, 2.75) is 32.6 Å². The Morgan fingerprint density at radius 2 is 2.32 bits per heavy atom. The molecule has 0 spiro atoms. The first kappa shape index (κ1) is 15.5. The second kappa shape index (κ2) is 7.81. The van der Waals surface area contributed by atoms with E-state index >= 15 is 0 Å². The number of carboxylic acid groups (broad SMARTS) is 1. The molecule has 1 aliphatic rings. The van der Waals surface area contributed by atoms with Crippen LogP contribution in [0.3, 0.4) is 0 Å². The lowest BCUT2D eigenvalue weighted by Crippen LogP contribution is -2.47. The standard InChI is InChI=1S/C14H24N2O3/c1-3-4-7-15-14(19)16-8-5-6-12(10-16)11(2)9-13(17)18/h3,11-12H,1,4-10H2,2H3,(H,15,19)(H,17,18). The van der Waals surface area contributed by atoms with Crippen LogP contribution in [0.2, 0.25) is 0 Å². The Balaban J connectivity index is 2.42. The third-order valence-corrected chi connectivity index (χ3v) is 3.67. The van der Waals surface area contributed by atoms with Crippen LogP contribution in [0.15, 0.2) is 12.7 Å². The molecule has 2 amide bonds. The molecule has 5 nitrogen and oxygen atoms in total. The first-order chi connectivity index (χ1) is 9.04. The van der Waals surface area contributed by atoms with E-state index in [0.29, 0.717) is 13.1 Å². The molecule has 0 aromatic rings. The molecular weight excluding hydrogens is 244 g/mol. The highest BCUT2D eigenvalue weighted by Crippen LogP contribution is 2.26. The summed E-state index contributed by atoms with van der Waals surface area (Å²) in [5, 5.41) is 11.7. The van der Waals surface area contributed by atoms with Crippen molar-refractivity contribution in [2.24, 2.45) is 11.8 Å². The van der Waals surface area contributed by atoms with E-state index in [1.807, 2.05) is 6.92 Å². The highest BCUT2D eigenvalue weighted by molar-refractivity contribution is 5.74. The van der Waals surface area contributed by atoms with Gasteiger partial charge in [0.15, 0.2) is 0 Å². The molecule has 0 bridgehead atoms. The summed E-state index contributed by atoms with van der Waals surface area (Å²) in [5.74, 6) is -0.365. The van der Waals surface area contributed by atoms with Crippen LogP contribution in [0, 0.1) is 11.8 Å². The molecule has 1 saturated heterocycles. The fourth-order valence-electron chi connectivity index (χ4n) is 2.49. The number of hydrogen-bond donors (Lipinski definition) is 2. The van der Waals surface area contributed by atoms with Crippen LogP contribution in [0.5, 0.6) is 0 Å². The summed E-state index contributed by atoms with van der Waals surface area (Å²) in [6.07, 6.45) is 4.66. The molecule has 1 heterocycles. The zero-order chi connectivity index (χ0) is 14.3. The zero-order valence-corrected chi connectivity index (χ0v) is 11.6. The maximum atomic E-state index is 11.9. The first-order valence-corrected chi connectivity index (χ1v) is 6.90. The summed E-state index contributed by atoms with van der Waals surface area (Å²) in [6.45, 7) is 7.60. The predicted octanol–water partition coefficient (Wildman–Crippen LogP) is 2.09. The Kier molecular flexibility index (Phi) is 6.39. The van der Waals surface area contributed by atoms with Crippen molar-refractivity contribution in [3.8, 4) is 0 Å². The molecular formula is C14H24N2O3. The summed E-state index contributed by atoms with van der Waals surface area (Å²) in [6, 6.07) is -0.0472. The fraction of sp³-hybridized carbons (Fsp3) is 0.714. The van der Waals surface area contributed by atoms with Gasteiger partial charge in [0.05, 0.1) is 0 Å². The molecule has 108 valence electrons. The number of amides is 2. The van der Waals surface area contributed by atoms with Crippen molar-refractivity contribution in [1.82, 2.24) is 10.2 Å². The summed E-state index contributed by atoms with van der Waals surface area (Å²) in [4.78, 5) is 24.5. The molecule has 0 radical (unpaired) electrons. The number of nitrogens with one attached hydrogen (secondary N) is 1. The van der Waals surface area contributed by atoms with Gasteiger partial charge in [-0.15, -0.1) is 6.58 Å². The summed E-state index contributed by atoms with van der Waals surface area (Å²) in [7, 11) is 0. The number of carbonyl (C=O) groups is 2. The molecule has 19 heavy (non-hydrogen) atoms. The van der Waals surface area contributed by atoms with Crippen LogP contribution in [-0.2, 0) is 4.79 Å². The van der Waals surface area contributed by atoms with Gasteiger partial charge in [-0.2, -0.15) is 0 Å². The highest BCUT2D eigenvalue weighted by atomic mass is 16.4. The summed E-state index contributed by atoms with van der Waals surface area (Å²) < 4.78 is 0. The van der Waals surface area contributed by atoms with E-state index < -0.39 is 5.97 Å². The molecule has 5 heteroatoms. The third kappa shape index (κ3) is 5.32. The molecule has 1 aliphatic heterocycles. The smallest absolute Gasteiger partial charge is 0.317 e. The summed E-state index contributed by atoms with van der Waals surface area (Å²) >= 11 is 0. The Morgan fingerprint density at radius 1 is 1.58 bits per heavy atom. The van der Waals surface area contributed by atoms with Gasteiger partial charge in [-0.25, -0.2) is 4.79 Å². The number of rotatable bonds is 6. The van der Waals surface area contributed by atoms with Crippen LogP contribution in [0.4, 0.5) is 4.79 Å². The maximum absolute atomic E-state index is 11.9. The van der Waals surface area contributed by atoms with E-state index in [2.05, 4.69) is 11.9 Å². The zero-order valence-electron chi connectivity index (χ0n) is 11.6. The second-order valence-corrected chi connectivity index (χ2v) is 5.23. The number of urea groups is 1. The predicted molar refractivity (Wildman–Crippen MR) is 73.9 cm³/mol. The SMILES string of the molecule is C=CCCNC(=O)N1CCCC(C(C)CC(=O)O)C1. The van der Waals surface area contributed by atoms with Crippen molar-refractivity contribution in [3.63, 3.8) is 0 Å². The van der Waals surface area contributed by atoms with E-state index in [9.17, 15) is 9.59 Å². The Bertz CT molecular complexity index is 331. The average Bonchev–Trinajstić information content (AvgIpc) is 2.38. The van der Waals surface area contributed by atoms with E-state index in [4.69, 9.17) is 5.11 Å². The average molecular weight is 268 g/mol. The monoisotopic (exact) mass is 268 g/mol. The molecule has 2 unspecified atom stereocenters. The van der Waals surface area contributed by atoms with Gasteiger partial charge in [0.2, 0.25) is 0 Å². The largest absolute Gasteiger partial charge is 0.481 e. The topological polar surface area (TPSA) is 69.6 Å². The maximum Gasteiger partial charge on any atom is 0.317 e. The minimum atomic E-state index is -0.764. The number of nitrogens with zero attached hydrogens (tertiary/aromatic N) is 1.